The van der Waals surface area contributed by atoms with Crippen LogP contribution in [0.2, 0.25) is 0 Å². The lowest BCUT2D eigenvalue weighted by molar-refractivity contribution is -0.222. The number of aliphatic hydroxyl groups is 5. The van der Waals surface area contributed by atoms with E-state index < -0.39 is 45.8 Å². The molecule has 4 aliphatic carbocycles. The normalized spacial score (nSPS) is 68.0. The Morgan fingerprint density at radius 1 is 0.962 bits per heavy atom. The zero-order chi connectivity index (χ0) is 19.1. The molecule has 0 aromatic rings. The molecule has 5 N–H and O–H groups in total. The van der Waals surface area contributed by atoms with Crippen LogP contribution in [0.25, 0.3) is 0 Å². The van der Waals surface area contributed by atoms with Crippen LogP contribution in [0.5, 0.6) is 0 Å². The van der Waals surface area contributed by atoms with Crippen molar-refractivity contribution in [3.63, 3.8) is 0 Å². The smallest absolute Gasteiger partial charge is 0.106 e. The van der Waals surface area contributed by atoms with Gasteiger partial charge in [-0.15, -0.1) is 0 Å². The van der Waals surface area contributed by atoms with Crippen LogP contribution in [0.3, 0.4) is 0 Å². The van der Waals surface area contributed by atoms with Gasteiger partial charge in [0.2, 0.25) is 0 Å². The minimum Gasteiger partial charge on any atom is -0.392 e. The summed E-state index contributed by atoms with van der Waals surface area (Å²) in [4.78, 5) is 0. The van der Waals surface area contributed by atoms with E-state index in [0.717, 1.165) is 0 Å². The molecule has 2 bridgehead atoms. The monoisotopic (exact) mass is 368 g/mol. The van der Waals surface area contributed by atoms with Crippen molar-refractivity contribution in [2.24, 2.45) is 28.6 Å². The average Bonchev–Trinajstić information content (AvgIpc) is 3.22. The second kappa shape index (κ2) is 4.50. The van der Waals surface area contributed by atoms with Crippen molar-refractivity contribution in [3.8, 4) is 0 Å². The van der Waals surface area contributed by atoms with Gasteiger partial charge < -0.3 is 30.3 Å². The van der Waals surface area contributed by atoms with E-state index in [-0.39, 0.29) is 30.5 Å². The Morgan fingerprint density at radius 3 is 2.27 bits per heavy atom. The van der Waals surface area contributed by atoms with Gasteiger partial charge in [-0.05, 0) is 45.4 Å². The highest BCUT2D eigenvalue weighted by atomic mass is 16.6. The van der Waals surface area contributed by atoms with Crippen molar-refractivity contribution in [2.45, 2.75) is 94.6 Å². The fraction of sp³-hybridized carbons (Fsp3) is 1.00. The first-order valence-corrected chi connectivity index (χ1v) is 10.0. The Hall–Kier alpha value is -0.240. The van der Waals surface area contributed by atoms with E-state index >= 15 is 0 Å². The van der Waals surface area contributed by atoms with Crippen molar-refractivity contribution in [1.82, 2.24) is 0 Å². The fourth-order valence-corrected chi connectivity index (χ4v) is 8.27. The average molecular weight is 368 g/mol. The summed E-state index contributed by atoms with van der Waals surface area (Å²) in [5.74, 6) is -1.17. The number of epoxide rings is 1. The Kier molecular flexibility index (Phi) is 3.08. The Balaban J connectivity index is 1.70. The summed E-state index contributed by atoms with van der Waals surface area (Å²) >= 11 is 0. The number of rotatable bonds is 0. The van der Waals surface area contributed by atoms with E-state index in [1.165, 1.54) is 0 Å². The molecule has 5 rings (SSSR count). The minimum atomic E-state index is -1.49. The largest absolute Gasteiger partial charge is 0.392 e. The molecule has 26 heavy (non-hydrogen) atoms. The van der Waals surface area contributed by atoms with Crippen LogP contribution >= 0.6 is 0 Å². The topological polar surface area (TPSA) is 114 Å². The van der Waals surface area contributed by atoms with Gasteiger partial charge in [-0.25, -0.2) is 0 Å². The quantitative estimate of drug-likeness (QED) is 0.390. The molecule has 1 spiro atoms. The van der Waals surface area contributed by atoms with Gasteiger partial charge in [0, 0.05) is 22.7 Å². The number of fused-ring (bicyclic) bond motifs is 4. The summed E-state index contributed by atoms with van der Waals surface area (Å²) in [7, 11) is 0. The molecule has 1 heterocycles. The zero-order valence-corrected chi connectivity index (χ0v) is 16.0. The summed E-state index contributed by atoms with van der Waals surface area (Å²) in [6.07, 6.45) is -0.485. The van der Waals surface area contributed by atoms with Crippen LogP contribution in [0, 0.1) is 28.6 Å². The highest BCUT2D eigenvalue weighted by Crippen LogP contribution is 2.72. The SMILES string of the molecule is CC1(C)[C@H]2O[C@H]2[C@H]2[C@](C)(O)[C@@H]3CCC4[C@H](O)[C@@]3(C[C@H](O)[C@@]21O)C[C@@]4(C)O. The molecule has 0 aromatic carbocycles. The first-order valence-electron chi connectivity index (χ1n) is 10.0. The van der Waals surface area contributed by atoms with E-state index in [1.807, 2.05) is 13.8 Å². The predicted molar refractivity (Wildman–Crippen MR) is 92.0 cm³/mol. The lowest BCUT2D eigenvalue weighted by atomic mass is 9.57. The van der Waals surface area contributed by atoms with E-state index in [9.17, 15) is 25.5 Å². The summed E-state index contributed by atoms with van der Waals surface area (Å²) in [5, 5.41) is 56.9. The zero-order valence-electron chi connectivity index (χ0n) is 16.0. The van der Waals surface area contributed by atoms with Gasteiger partial charge in [0.15, 0.2) is 0 Å². The fourth-order valence-electron chi connectivity index (χ4n) is 8.27. The molecule has 1 unspecified atom stereocenters. The van der Waals surface area contributed by atoms with Crippen LogP contribution in [0.4, 0.5) is 0 Å². The molecule has 1 saturated heterocycles. The summed E-state index contributed by atoms with van der Waals surface area (Å²) in [6, 6.07) is 0. The van der Waals surface area contributed by atoms with Crippen LogP contribution in [-0.4, -0.2) is 66.8 Å². The minimum absolute atomic E-state index is 0.166. The molecule has 148 valence electrons. The lowest BCUT2D eigenvalue weighted by Gasteiger charge is -2.51. The standard InChI is InChI=1S/C20H32O6/c1-16(2)15-12(26-15)13-18(4,24)10-6-5-9-14(22)19(10,8-17(9,3)23)7-11(21)20(13,16)25/h9-15,21-25H,5-8H2,1-4H3/t9?,10-,11-,12-,13-,14-,15-,17+,18+,19-,20+/m0/s1. The molecule has 1 aliphatic heterocycles. The highest BCUT2D eigenvalue weighted by molar-refractivity contribution is 5.31. The predicted octanol–water partition coefficient (Wildman–Crippen LogP) is 0.185. The molecule has 11 atom stereocenters. The van der Waals surface area contributed by atoms with Crippen molar-refractivity contribution in [3.05, 3.63) is 0 Å². The molecule has 4 saturated carbocycles. The molecule has 0 radical (unpaired) electrons. The molecule has 6 nitrogen and oxygen atoms in total. The first kappa shape index (κ1) is 17.8. The van der Waals surface area contributed by atoms with Crippen LogP contribution < -0.4 is 0 Å². The molecular weight excluding hydrogens is 336 g/mol. The van der Waals surface area contributed by atoms with Gasteiger partial charge in [0.25, 0.3) is 0 Å². The van der Waals surface area contributed by atoms with E-state index in [2.05, 4.69) is 0 Å². The summed E-state index contributed by atoms with van der Waals surface area (Å²) < 4.78 is 5.82. The highest BCUT2D eigenvalue weighted by Gasteiger charge is 2.82. The third kappa shape index (κ3) is 1.64. The van der Waals surface area contributed by atoms with E-state index in [0.29, 0.717) is 19.3 Å². The Morgan fingerprint density at radius 2 is 1.62 bits per heavy atom. The van der Waals surface area contributed by atoms with Gasteiger partial charge in [0.05, 0.1) is 35.6 Å². The molecule has 0 amide bonds. The number of ether oxygens (including phenoxy) is 1. The van der Waals surface area contributed by atoms with Crippen molar-refractivity contribution < 1.29 is 30.3 Å². The van der Waals surface area contributed by atoms with Gasteiger partial charge in [-0.3, -0.25) is 0 Å². The first-order chi connectivity index (χ1) is 11.8. The van der Waals surface area contributed by atoms with Gasteiger partial charge in [-0.1, -0.05) is 13.8 Å². The maximum Gasteiger partial charge on any atom is 0.106 e. The van der Waals surface area contributed by atoms with Crippen molar-refractivity contribution >= 4 is 0 Å². The van der Waals surface area contributed by atoms with Gasteiger partial charge in [0.1, 0.15) is 5.60 Å². The lowest BCUT2D eigenvalue weighted by Crippen LogP contribution is -2.63. The van der Waals surface area contributed by atoms with Crippen molar-refractivity contribution in [1.29, 1.82) is 0 Å². The van der Waals surface area contributed by atoms with Crippen LogP contribution in [0.15, 0.2) is 0 Å². The molecule has 0 aromatic heterocycles. The third-order valence-corrected chi connectivity index (χ3v) is 9.40. The summed E-state index contributed by atoms with van der Waals surface area (Å²) in [5.41, 5.74) is -5.30. The van der Waals surface area contributed by atoms with Crippen LogP contribution in [-0.2, 0) is 4.74 Å². The van der Waals surface area contributed by atoms with Crippen LogP contribution in [0.1, 0.15) is 53.4 Å². The van der Waals surface area contributed by atoms with Gasteiger partial charge >= 0.3 is 0 Å². The maximum absolute atomic E-state index is 11.8. The van der Waals surface area contributed by atoms with Gasteiger partial charge in [-0.2, -0.15) is 0 Å². The Labute approximate surface area is 154 Å². The molecule has 5 fully saturated rings. The van der Waals surface area contributed by atoms with E-state index in [4.69, 9.17) is 4.74 Å². The van der Waals surface area contributed by atoms with E-state index in [1.54, 1.807) is 13.8 Å². The summed E-state index contributed by atoms with van der Waals surface area (Å²) in [6.45, 7) is 7.29. The maximum atomic E-state index is 11.8. The number of aliphatic hydroxyl groups excluding tert-OH is 2. The molecule has 6 heteroatoms. The molecule has 5 aliphatic rings. The number of hydrogen-bond acceptors (Lipinski definition) is 6. The van der Waals surface area contributed by atoms with Crippen molar-refractivity contribution in [2.75, 3.05) is 0 Å². The number of hydrogen-bond donors (Lipinski definition) is 5. The molecular formula is C20H32O6. The third-order valence-electron chi connectivity index (χ3n) is 9.40. The Bertz CT molecular complexity index is 659. The second-order valence-electron chi connectivity index (χ2n) is 10.9. The second-order valence-corrected chi connectivity index (χ2v) is 10.9.